The molecule has 3 aromatic rings. The molecule has 0 saturated heterocycles. The Morgan fingerprint density at radius 3 is 2.62 bits per heavy atom. The average molecular weight is 361 g/mol. The molecule has 134 valence electrons. The lowest BCUT2D eigenvalue weighted by molar-refractivity contribution is -0.136. The van der Waals surface area contributed by atoms with Crippen molar-refractivity contribution in [3.8, 4) is 0 Å². The van der Waals surface area contributed by atoms with E-state index in [2.05, 4.69) is 10.3 Å². The number of aromatic nitrogens is 1. The highest BCUT2D eigenvalue weighted by molar-refractivity contribution is 6.06. The number of carbonyl (C=O) groups excluding carboxylic acids is 1. The second kappa shape index (κ2) is 6.21. The third kappa shape index (κ3) is 3.13. The number of hydrogen-bond acceptors (Lipinski definition) is 3. The number of carbonyl (C=O) groups is 1. The number of halogens is 3. The first-order valence-electron chi connectivity index (χ1n) is 7.57. The summed E-state index contributed by atoms with van der Waals surface area (Å²) in [7, 11) is 0. The molecule has 0 atom stereocenters. The Kier molecular flexibility index (Phi) is 4.19. The normalized spacial score (nSPS) is 11.5. The molecule has 5 nitrogen and oxygen atoms in total. The Morgan fingerprint density at radius 1 is 1.19 bits per heavy atom. The summed E-state index contributed by atoms with van der Waals surface area (Å²) < 4.78 is 39.4. The number of pyridine rings is 1. The maximum atomic E-state index is 13.1. The molecule has 26 heavy (non-hydrogen) atoms. The van der Waals surface area contributed by atoms with Crippen LogP contribution in [0.3, 0.4) is 0 Å². The zero-order valence-corrected chi connectivity index (χ0v) is 13.6. The van der Waals surface area contributed by atoms with E-state index in [1.54, 1.807) is 25.1 Å². The highest BCUT2D eigenvalue weighted by Crippen LogP contribution is 2.36. The summed E-state index contributed by atoms with van der Waals surface area (Å²) >= 11 is 0. The SMILES string of the molecule is Cc1cccc2[nH]cc(C(=O)Nc3ccc(N)cc3C(F)(F)F)c(=O)c12. The van der Waals surface area contributed by atoms with Crippen molar-refractivity contribution in [2.24, 2.45) is 0 Å². The molecule has 0 bridgehead atoms. The van der Waals surface area contributed by atoms with Crippen molar-refractivity contribution in [3.05, 3.63) is 69.5 Å². The maximum Gasteiger partial charge on any atom is 0.418 e. The van der Waals surface area contributed by atoms with Crippen LogP contribution in [0.4, 0.5) is 24.5 Å². The van der Waals surface area contributed by atoms with E-state index in [0.717, 1.165) is 12.1 Å². The van der Waals surface area contributed by atoms with Gasteiger partial charge in [0.15, 0.2) is 0 Å². The molecule has 0 fully saturated rings. The van der Waals surface area contributed by atoms with E-state index in [-0.39, 0.29) is 11.3 Å². The quantitative estimate of drug-likeness (QED) is 0.608. The minimum Gasteiger partial charge on any atom is -0.399 e. The number of amides is 1. The van der Waals surface area contributed by atoms with Gasteiger partial charge in [-0.1, -0.05) is 12.1 Å². The second-order valence-corrected chi connectivity index (χ2v) is 5.79. The van der Waals surface area contributed by atoms with Gasteiger partial charge in [0, 0.05) is 22.8 Å². The molecule has 8 heteroatoms. The number of nitrogens with two attached hydrogens (primary N) is 1. The molecule has 0 radical (unpaired) electrons. The van der Waals surface area contributed by atoms with Crippen molar-refractivity contribution in [1.82, 2.24) is 4.98 Å². The Balaban J connectivity index is 2.05. The molecule has 0 saturated carbocycles. The molecule has 1 aromatic heterocycles. The number of alkyl halides is 3. The maximum absolute atomic E-state index is 13.1. The Bertz CT molecular complexity index is 1070. The van der Waals surface area contributed by atoms with Crippen LogP contribution in [-0.2, 0) is 6.18 Å². The number of nitrogens with one attached hydrogen (secondary N) is 2. The molecule has 1 amide bonds. The van der Waals surface area contributed by atoms with E-state index in [4.69, 9.17) is 5.73 Å². The Morgan fingerprint density at radius 2 is 1.92 bits per heavy atom. The fraction of sp³-hybridized carbons (Fsp3) is 0.111. The number of aryl methyl sites for hydroxylation is 1. The highest BCUT2D eigenvalue weighted by Gasteiger charge is 2.34. The monoisotopic (exact) mass is 361 g/mol. The number of benzene rings is 2. The first-order valence-corrected chi connectivity index (χ1v) is 7.57. The van der Waals surface area contributed by atoms with Crippen molar-refractivity contribution in [3.63, 3.8) is 0 Å². The largest absolute Gasteiger partial charge is 0.418 e. The van der Waals surface area contributed by atoms with Gasteiger partial charge in [-0.15, -0.1) is 0 Å². The molecular formula is C18H14F3N3O2. The predicted molar refractivity (Wildman–Crippen MR) is 93.1 cm³/mol. The van der Waals surface area contributed by atoms with Crippen molar-refractivity contribution in [1.29, 1.82) is 0 Å². The van der Waals surface area contributed by atoms with E-state index in [1.807, 2.05) is 0 Å². The number of aromatic amines is 1. The summed E-state index contributed by atoms with van der Waals surface area (Å²) in [5.74, 6) is -0.938. The first-order chi connectivity index (χ1) is 12.2. The molecule has 3 rings (SSSR count). The van der Waals surface area contributed by atoms with Crippen LogP contribution in [0.2, 0.25) is 0 Å². The zero-order valence-electron chi connectivity index (χ0n) is 13.6. The van der Waals surface area contributed by atoms with Gasteiger partial charge in [-0.3, -0.25) is 9.59 Å². The van der Waals surface area contributed by atoms with Gasteiger partial charge in [0.1, 0.15) is 5.56 Å². The number of anilines is 2. The van der Waals surface area contributed by atoms with Gasteiger partial charge in [-0.2, -0.15) is 13.2 Å². The molecule has 2 aromatic carbocycles. The number of fused-ring (bicyclic) bond motifs is 1. The Labute approximate surface area is 145 Å². The van der Waals surface area contributed by atoms with Gasteiger partial charge in [0.25, 0.3) is 5.91 Å². The van der Waals surface area contributed by atoms with Gasteiger partial charge in [-0.25, -0.2) is 0 Å². The highest BCUT2D eigenvalue weighted by atomic mass is 19.4. The number of rotatable bonds is 2. The first kappa shape index (κ1) is 17.5. The van der Waals surface area contributed by atoms with Gasteiger partial charge in [0.05, 0.1) is 11.3 Å². The van der Waals surface area contributed by atoms with E-state index in [0.29, 0.717) is 16.5 Å². The lowest BCUT2D eigenvalue weighted by Gasteiger charge is -2.14. The minimum absolute atomic E-state index is 0.0884. The topological polar surface area (TPSA) is 88.0 Å². The van der Waals surface area contributed by atoms with Crippen LogP contribution >= 0.6 is 0 Å². The summed E-state index contributed by atoms with van der Waals surface area (Å²) in [5, 5.41) is 2.46. The molecule has 0 aliphatic heterocycles. The molecular weight excluding hydrogens is 347 g/mol. The number of H-pyrrole nitrogens is 1. The van der Waals surface area contributed by atoms with Crippen molar-refractivity contribution in [2.75, 3.05) is 11.1 Å². The van der Waals surface area contributed by atoms with Crippen LogP contribution in [0.1, 0.15) is 21.5 Å². The average Bonchev–Trinajstić information content (AvgIpc) is 2.55. The van der Waals surface area contributed by atoms with E-state index >= 15 is 0 Å². The van der Waals surface area contributed by atoms with E-state index < -0.39 is 28.8 Å². The van der Waals surface area contributed by atoms with Crippen LogP contribution in [0.15, 0.2) is 47.4 Å². The van der Waals surface area contributed by atoms with Crippen molar-refractivity contribution >= 4 is 28.2 Å². The van der Waals surface area contributed by atoms with E-state index in [9.17, 15) is 22.8 Å². The van der Waals surface area contributed by atoms with Crippen LogP contribution in [0.5, 0.6) is 0 Å². The summed E-state index contributed by atoms with van der Waals surface area (Å²) in [5.41, 5.74) is 4.11. The fourth-order valence-corrected chi connectivity index (χ4v) is 2.70. The standard InChI is InChI=1S/C18H14F3N3O2/c1-9-3-2-4-14-15(9)16(25)11(8-23-14)17(26)24-13-6-5-10(22)7-12(13)18(19,20)21/h2-8H,22H2,1H3,(H,23,25)(H,24,26). The third-order valence-corrected chi connectivity index (χ3v) is 3.96. The summed E-state index contributed by atoms with van der Waals surface area (Å²) in [6.07, 6.45) is -3.52. The zero-order chi connectivity index (χ0) is 19.1. The van der Waals surface area contributed by atoms with Crippen LogP contribution in [0.25, 0.3) is 10.9 Å². The lowest BCUT2D eigenvalue weighted by atomic mass is 10.1. The molecule has 0 aliphatic rings. The van der Waals surface area contributed by atoms with Gasteiger partial charge in [0.2, 0.25) is 5.43 Å². The minimum atomic E-state index is -4.70. The third-order valence-electron chi connectivity index (χ3n) is 3.96. The van der Waals surface area contributed by atoms with Gasteiger partial charge < -0.3 is 16.0 Å². The van der Waals surface area contributed by atoms with Crippen LogP contribution in [-0.4, -0.2) is 10.9 Å². The fourth-order valence-electron chi connectivity index (χ4n) is 2.70. The second-order valence-electron chi connectivity index (χ2n) is 5.79. The van der Waals surface area contributed by atoms with Crippen LogP contribution in [0, 0.1) is 6.92 Å². The number of hydrogen-bond donors (Lipinski definition) is 3. The molecule has 0 spiro atoms. The Hall–Kier alpha value is -3.29. The van der Waals surface area contributed by atoms with Crippen LogP contribution < -0.4 is 16.5 Å². The lowest BCUT2D eigenvalue weighted by Crippen LogP contribution is -2.23. The van der Waals surface area contributed by atoms with Gasteiger partial charge in [-0.05, 0) is 36.8 Å². The molecule has 0 aliphatic carbocycles. The summed E-state index contributed by atoms with van der Waals surface area (Å²) in [4.78, 5) is 27.8. The van der Waals surface area contributed by atoms with Gasteiger partial charge >= 0.3 is 6.18 Å². The molecule has 4 N–H and O–H groups in total. The molecule has 0 unspecified atom stereocenters. The summed E-state index contributed by atoms with van der Waals surface area (Å²) in [6.45, 7) is 1.71. The number of nitrogen functional groups attached to an aromatic ring is 1. The predicted octanol–water partition coefficient (Wildman–Crippen LogP) is 3.69. The molecule has 1 heterocycles. The van der Waals surface area contributed by atoms with Crippen molar-refractivity contribution < 1.29 is 18.0 Å². The smallest absolute Gasteiger partial charge is 0.399 e. The van der Waals surface area contributed by atoms with E-state index in [1.165, 1.54) is 12.3 Å². The van der Waals surface area contributed by atoms with Crippen molar-refractivity contribution in [2.45, 2.75) is 13.1 Å². The summed E-state index contributed by atoms with van der Waals surface area (Å²) in [6, 6.07) is 8.14.